The molecule has 0 spiro atoms. The van der Waals surface area contributed by atoms with Crippen molar-refractivity contribution in [1.82, 2.24) is 0 Å². The van der Waals surface area contributed by atoms with Gasteiger partial charge in [-0.15, -0.1) is 0 Å². The predicted molar refractivity (Wildman–Crippen MR) is 40.1 cm³/mol. The summed E-state index contributed by atoms with van der Waals surface area (Å²) in [4.78, 5) is 0. The molecule has 10 heavy (non-hydrogen) atoms. The van der Waals surface area contributed by atoms with Crippen molar-refractivity contribution in [3.8, 4) is 11.8 Å². The summed E-state index contributed by atoms with van der Waals surface area (Å²) in [7, 11) is 0. The van der Waals surface area contributed by atoms with Crippen LogP contribution in [0.1, 0.15) is 0 Å². The zero-order valence-corrected chi connectivity index (χ0v) is 5.80. The van der Waals surface area contributed by atoms with Gasteiger partial charge in [-0.1, -0.05) is 25.0 Å². The molecule has 0 N–H and O–H groups in total. The molecule has 0 heterocycles. The second-order valence-corrected chi connectivity index (χ2v) is 1.31. The van der Waals surface area contributed by atoms with Gasteiger partial charge in [0.2, 0.25) is 0 Å². The summed E-state index contributed by atoms with van der Waals surface area (Å²) in [5, 5.41) is 0. The molecule has 0 aromatic heterocycles. The predicted octanol–water partition coefficient (Wildman–Crippen LogP) is 1.31. The van der Waals surface area contributed by atoms with Gasteiger partial charge in [0, 0.05) is 0 Å². The Morgan fingerprint density at radius 2 is 1.40 bits per heavy atom. The Labute approximate surface area is 61.1 Å². The van der Waals surface area contributed by atoms with E-state index in [1.54, 1.807) is 0 Å². The average Bonchev–Trinajstić information content (AvgIpc) is 1.97. The van der Waals surface area contributed by atoms with E-state index in [4.69, 9.17) is 9.47 Å². The Bertz CT molecular complexity index is 134. The first-order chi connectivity index (χ1) is 4.91. The monoisotopic (exact) mass is 138 g/mol. The second kappa shape index (κ2) is 7.64. The quantitative estimate of drug-likeness (QED) is 0.331. The largest absolute Gasteiger partial charge is 0.489 e. The molecule has 0 aliphatic heterocycles. The zero-order chi connectivity index (χ0) is 7.66. The van der Waals surface area contributed by atoms with Crippen LogP contribution >= 0.6 is 0 Å². The normalized spacial score (nSPS) is 6.80. The Morgan fingerprint density at radius 1 is 1.00 bits per heavy atom. The molecule has 0 aliphatic carbocycles. The first kappa shape index (κ1) is 8.64. The van der Waals surface area contributed by atoms with Crippen molar-refractivity contribution < 1.29 is 9.47 Å². The molecule has 0 aliphatic rings. The van der Waals surface area contributed by atoms with Crippen LogP contribution in [0.5, 0.6) is 0 Å². The maximum atomic E-state index is 4.72. The van der Waals surface area contributed by atoms with Gasteiger partial charge in [-0.25, -0.2) is 0 Å². The fourth-order valence-corrected chi connectivity index (χ4v) is 0.303. The zero-order valence-electron chi connectivity index (χ0n) is 5.80. The van der Waals surface area contributed by atoms with E-state index < -0.39 is 0 Å². The Hall–Kier alpha value is -1.36. The van der Waals surface area contributed by atoms with E-state index in [0.717, 1.165) is 0 Å². The van der Waals surface area contributed by atoms with Crippen LogP contribution in [-0.2, 0) is 9.47 Å². The van der Waals surface area contributed by atoms with E-state index in [2.05, 4.69) is 25.0 Å². The fourth-order valence-electron chi connectivity index (χ4n) is 0.303. The third-order valence-corrected chi connectivity index (χ3v) is 0.672. The topological polar surface area (TPSA) is 18.5 Å². The van der Waals surface area contributed by atoms with E-state index in [1.165, 1.54) is 12.5 Å². The van der Waals surface area contributed by atoms with Crippen molar-refractivity contribution in [2.45, 2.75) is 0 Å². The van der Waals surface area contributed by atoms with Crippen LogP contribution in [0.2, 0.25) is 0 Å². The van der Waals surface area contributed by atoms with Gasteiger partial charge < -0.3 is 9.47 Å². The summed E-state index contributed by atoms with van der Waals surface area (Å²) in [6, 6.07) is 0. The fraction of sp³-hybridized carbons (Fsp3) is 0.250. The molecule has 54 valence electrons. The van der Waals surface area contributed by atoms with E-state index >= 15 is 0 Å². The molecule has 0 rings (SSSR count). The number of ether oxygens (including phenoxy) is 2. The van der Waals surface area contributed by atoms with Crippen molar-refractivity contribution in [3.63, 3.8) is 0 Å². The van der Waals surface area contributed by atoms with Crippen molar-refractivity contribution >= 4 is 0 Å². The maximum Gasteiger partial charge on any atom is 0.148 e. The van der Waals surface area contributed by atoms with Gasteiger partial charge in [-0.2, -0.15) is 0 Å². The third kappa shape index (κ3) is 6.64. The van der Waals surface area contributed by atoms with E-state index in [1.807, 2.05) is 0 Å². The number of rotatable bonds is 4. The van der Waals surface area contributed by atoms with Crippen LogP contribution < -0.4 is 0 Å². The SMILES string of the molecule is C=COCC#CCOC=C. The molecule has 0 bridgehead atoms. The Balaban J connectivity index is 3.13. The Morgan fingerprint density at radius 3 is 1.70 bits per heavy atom. The molecule has 0 radical (unpaired) electrons. The number of hydrogen-bond acceptors (Lipinski definition) is 2. The smallest absolute Gasteiger partial charge is 0.148 e. The lowest BCUT2D eigenvalue weighted by Gasteiger charge is -1.89. The van der Waals surface area contributed by atoms with Crippen LogP contribution in [0, 0.1) is 11.8 Å². The summed E-state index contributed by atoms with van der Waals surface area (Å²) < 4.78 is 9.45. The van der Waals surface area contributed by atoms with E-state index in [0.29, 0.717) is 13.2 Å². The molecule has 2 nitrogen and oxygen atoms in total. The van der Waals surface area contributed by atoms with Crippen LogP contribution in [0.15, 0.2) is 25.7 Å². The molecule has 0 unspecified atom stereocenters. The van der Waals surface area contributed by atoms with Gasteiger partial charge >= 0.3 is 0 Å². The molecular weight excluding hydrogens is 128 g/mol. The van der Waals surface area contributed by atoms with Crippen LogP contribution in [0.25, 0.3) is 0 Å². The molecule has 0 saturated heterocycles. The van der Waals surface area contributed by atoms with Crippen molar-refractivity contribution in [2.75, 3.05) is 13.2 Å². The molecule has 0 aromatic rings. The Kier molecular flexibility index (Phi) is 6.60. The van der Waals surface area contributed by atoms with Crippen LogP contribution in [-0.4, -0.2) is 13.2 Å². The van der Waals surface area contributed by atoms with Gasteiger partial charge in [-0.3, -0.25) is 0 Å². The standard InChI is InChI=1S/C8H10O2/c1-3-9-7-5-6-8-10-4-2/h3-4H,1-2,7-8H2. The average molecular weight is 138 g/mol. The molecule has 0 saturated carbocycles. The number of hydrogen-bond donors (Lipinski definition) is 0. The highest BCUT2D eigenvalue weighted by atomic mass is 16.5. The van der Waals surface area contributed by atoms with Crippen LogP contribution in [0.4, 0.5) is 0 Å². The maximum absolute atomic E-state index is 4.72. The molecule has 0 fully saturated rings. The molecule has 0 aromatic carbocycles. The highest BCUT2D eigenvalue weighted by molar-refractivity contribution is 4.99. The third-order valence-electron chi connectivity index (χ3n) is 0.672. The minimum atomic E-state index is 0.365. The van der Waals surface area contributed by atoms with Crippen LogP contribution in [0.3, 0.4) is 0 Å². The van der Waals surface area contributed by atoms with Gasteiger partial charge in [0.1, 0.15) is 13.2 Å². The lowest BCUT2D eigenvalue weighted by Crippen LogP contribution is -1.83. The first-order valence-corrected chi connectivity index (χ1v) is 2.82. The van der Waals surface area contributed by atoms with E-state index in [-0.39, 0.29) is 0 Å². The van der Waals surface area contributed by atoms with Crippen molar-refractivity contribution in [3.05, 3.63) is 25.7 Å². The van der Waals surface area contributed by atoms with Crippen molar-refractivity contribution in [2.24, 2.45) is 0 Å². The first-order valence-electron chi connectivity index (χ1n) is 2.82. The van der Waals surface area contributed by atoms with E-state index in [9.17, 15) is 0 Å². The van der Waals surface area contributed by atoms with Gasteiger partial charge in [-0.05, 0) is 0 Å². The van der Waals surface area contributed by atoms with Gasteiger partial charge in [0.25, 0.3) is 0 Å². The minimum absolute atomic E-state index is 0.365. The summed E-state index contributed by atoms with van der Waals surface area (Å²) in [6.45, 7) is 7.44. The van der Waals surface area contributed by atoms with Crippen molar-refractivity contribution in [1.29, 1.82) is 0 Å². The summed E-state index contributed by atoms with van der Waals surface area (Å²) in [5.41, 5.74) is 0. The highest BCUT2D eigenvalue weighted by Crippen LogP contribution is 1.72. The summed E-state index contributed by atoms with van der Waals surface area (Å²) in [6.07, 6.45) is 2.70. The molecule has 2 heteroatoms. The lowest BCUT2D eigenvalue weighted by molar-refractivity contribution is 0.290. The summed E-state index contributed by atoms with van der Waals surface area (Å²) >= 11 is 0. The molecular formula is C8H10O2. The van der Waals surface area contributed by atoms with Gasteiger partial charge in [0.05, 0.1) is 12.5 Å². The second-order valence-electron chi connectivity index (χ2n) is 1.31. The minimum Gasteiger partial charge on any atom is -0.489 e. The highest BCUT2D eigenvalue weighted by Gasteiger charge is 1.70. The molecule has 0 atom stereocenters. The van der Waals surface area contributed by atoms with Gasteiger partial charge in [0.15, 0.2) is 0 Å². The summed E-state index contributed by atoms with van der Waals surface area (Å²) in [5.74, 6) is 5.41. The molecule has 0 amide bonds. The lowest BCUT2D eigenvalue weighted by atomic mass is 10.6.